The average molecular weight is 283 g/mol. The lowest BCUT2D eigenvalue weighted by molar-refractivity contribution is -0.115. The Labute approximate surface area is 120 Å². The third kappa shape index (κ3) is 5.11. The molecule has 0 saturated carbocycles. The molecule has 0 aliphatic heterocycles. The fraction of sp³-hybridized carbons (Fsp3) is 0.533. The molecule has 0 aliphatic rings. The van der Waals surface area contributed by atoms with Gasteiger partial charge in [-0.3, -0.25) is 4.79 Å². The Hall–Kier alpha value is -1.22. The molecule has 0 aromatic heterocycles. The lowest BCUT2D eigenvalue weighted by atomic mass is 10.1. The largest absolute Gasteiger partial charge is 0.381 e. The van der Waals surface area contributed by atoms with Gasteiger partial charge in [0.1, 0.15) is 0 Å². The lowest BCUT2D eigenvalue weighted by Gasteiger charge is -2.19. The number of anilines is 2. The van der Waals surface area contributed by atoms with Gasteiger partial charge in [0.05, 0.1) is 10.7 Å². The molecule has 0 saturated heterocycles. The second-order valence-electron chi connectivity index (χ2n) is 4.63. The average Bonchev–Trinajstić information content (AvgIpc) is 2.41. The number of hydrogen-bond acceptors (Lipinski definition) is 2. The molecule has 106 valence electrons. The smallest absolute Gasteiger partial charge is 0.224 e. The van der Waals surface area contributed by atoms with Crippen LogP contribution in [0.25, 0.3) is 0 Å². The summed E-state index contributed by atoms with van der Waals surface area (Å²) in [6.07, 6.45) is 3.77. The molecule has 0 fully saturated rings. The Morgan fingerprint density at radius 3 is 2.63 bits per heavy atom. The molecule has 1 aromatic rings. The molecule has 0 radical (unpaired) electrons. The number of rotatable bonds is 7. The van der Waals surface area contributed by atoms with Crippen molar-refractivity contribution >= 4 is 28.9 Å². The van der Waals surface area contributed by atoms with Crippen molar-refractivity contribution in [1.82, 2.24) is 0 Å². The SMILES string of the molecule is CCCC(CC)Nc1cc(NC(=O)CC)ccc1Cl. The van der Waals surface area contributed by atoms with Gasteiger partial charge in [-0.2, -0.15) is 0 Å². The first-order valence-corrected chi connectivity index (χ1v) is 7.34. The van der Waals surface area contributed by atoms with Crippen molar-refractivity contribution in [2.75, 3.05) is 10.6 Å². The second kappa shape index (κ2) is 8.05. The molecule has 3 nitrogen and oxygen atoms in total. The molecule has 1 atom stereocenters. The molecule has 19 heavy (non-hydrogen) atoms. The van der Waals surface area contributed by atoms with Gasteiger partial charge in [0.2, 0.25) is 5.91 Å². The third-order valence-corrected chi connectivity index (χ3v) is 3.39. The minimum Gasteiger partial charge on any atom is -0.381 e. The second-order valence-corrected chi connectivity index (χ2v) is 5.04. The van der Waals surface area contributed by atoms with E-state index in [-0.39, 0.29) is 5.91 Å². The maximum absolute atomic E-state index is 11.4. The van der Waals surface area contributed by atoms with Crippen molar-refractivity contribution in [3.05, 3.63) is 23.2 Å². The Morgan fingerprint density at radius 2 is 2.05 bits per heavy atom. The zero-order chi connectivity index (χ0) is 14.3. The van der Waals surface area contributed by atoms with Gasteiger partial charge in [-0.1, -0.05) is 38.8 Å². The van der Waals surface area contributed by atoms with Crippen LogP contribution in [0.1, 0.15) is 46.5 Å². The lowest BCUT2D eigenvalue weighted by Crippen LogP contribution is -2.18. The zero-order valence-electron chi connectivity index (χ0n) is 11.9. The Morgan fingerprint density at radius 1 is 1.32 bits per heavy atom. The Kier molecular flexibility index (Phi) is 6.71. The fourth-order valence-electron chi connectivity index (χ4n) is 1.91. The number of amides is 1. The van der Waals surface area contributed by atoms with Crippen LogP contribution in [-0.4, -0.2) is 11.9 Å². The van der Waals surface area contributed by atoms with Gasteiger partial charge in [0.15, 0.2) is 0 Å². The summed E-state index contributed by atoms with van der Waals surface area (Å²) < 4.78 is 0. The highest BCUT2D eigenvalue weighted by molar-refractivity contribution is 6.33. The molecular weight excluding hydrogens is 260 g/mol. The van der Waals surface area contributed by atoms with Crippen molar-refractivity contribution < 1.29 is 4.79 Å². The van der Waals surface area contributed by atoms with Gasteiger partial charge in [-0.25, -0.2) is 0 Å². The first kappa shape index (κ1) is 15.8. The molecule has 2 N–H and O–H groups in total. The van der Waals surface area contributed by atoms with E-state index in [9.17, 15) is 4.79 Å². The van der Waals surface area contributed by atoms with Crippen LogP contribution in [0.15, 0.2) is 18.2 Å². The Balaban J connectivity index is 2.81. The summed E-state index contributed by atoms with van der Waals surface area (Å²) in [6, 6.07) is 5.95. The van der Waals surface area contributed by atoms with E-state index in [4.69, 9.17) is 11.6 Å². The van der Waals surface area contributed by atoms with Gasteiger partial charge < -0.3 is 10.6 Å². The van der Waals surface area contributed by atoms with Crippen molar-refractivity contribution in [3.63, 3.8) is 0 Å². The summed E-state index contributed by atoms with van der Waals surface area (Å²) >= 11 is 6.19. The van der Waals surface area contributed by atoms with Gasteiger partial charge in [0.25, 0.3) is 0 Å². The van der Waals surface area contributed by atoms with E-state index in [0.717, 1.165) is 30.6 Å². The molecule has 4 heteroatoms. The first-order chi connectivity index (χ1) is 9.10. The number of halogens is 1. The zero-order valence-corrected chi connectivity index (χ0v) is 12.7. The van der Waals surface area contributed by atoms with E-state index in [1.165, 1.54) is 0 Å². The number of carbonyl (C=O) groups is 1. The molecule has 1 amide bonds. The highest BCUT2D eigenvalue weighted by atomic mass is 35.5. The summed E-state index contributed by atoms with van der Waals surface area (Å²) in [5.74, 6) is 0.00821. The summed E-state index contributed by atoms with van der Waals surface area (Å²) in [4.78, 5) is 11.4. The molecule has 1 rings (SSSR count). The topological polar surface area (TPSA) is 41.1 Å². The predicted octanol–water partition coefficient (Wildman–Crippen LogP) is 4.68. The normalized spacial score (nSPS) is 12.0. The van der Waals surface area contributed by atoms with E-state index in [2.05, 4.69) is 24.5 Å². The predicted molar refractivity (Wildman–Crippen MR) is 83.0 cm³/mol. The van der Waals surface area contributed by atoms with Crippen LogP contribution < -0.4 is 10.6 Å². The maximum Gasteiger partial charge on any atom is 0.224 e. The molecule has 0 heterocycles. The minimum atomic E-state index is 0.00821. The van der Waals surface area contributed by atoms with Crippen LogP contribution >= 0.6 is 11.6 Å². The van der Waals surface area contributed by atoms with E-state index in [1.54, 1.807) is 0 Å². The van der Waals surface area contributed by atoms with Crippen LogP contribution in [0, 0.1) is 0 Å². The molecule has 0 spiro atoms. The van der Waals surface area contributed by atoms with Crippen molar-refractivity contribution in [1.29, 1.82) is 0 Å². The summed E-state index contributed by atoms with van der Waals surface area (Å²) in [6.45, 7) is 6.16. The minimum absolute atomic E-state index is 0.00821. The molecule has 0 bridgehead atoms. The van der Waals surface area contributed by atoms with Gasteiger partial charge in [0, 0.05) is 18.2 Å². The molecule has 1 unspecified atom stereocenters. The van der Waals surface area contributed by atoms with Crippen LogP contribution in [0.2, 0.25) is 5.02 Å². The standard InChI is InChI=1S/C15H23ClN2O/c1-4-7-11(5-2)17-14-10-12(8-9-13(14)16)18-15(19)6-3/h8-11,17H,4-7H2,1-3H3,(H,18,19). The van der Waals surface area contributed by atoms with E-state index >= 15 is 0 Å². The summed E-state index contributed by atoms with van der Waals surface area (Å²) in [5, 5.41) is 6.98. The van der Waals surface area contributed by atoms with Crippen LogP contribution in [0.5, 0.6) is 0 Å². The molecule has 1 aromatic carbocycles. The van der Waals surface area contributed by atoms with Gasteiger partial charge >= 0.3 is 0 Å². The van der Waals surface area contributed by atoms with Crippen molar-refractivity contribution in [3.8, 4) is 0 Å². The highest BCUT2D eigenvalue weighted by Gasteiger charge is 2.09. The maximum atomic E-state index is 11.4. The van der Waals surface area contributed by atoms with Crippen LogP contribution in [0.4, 0.5) is 11.4 Å². The molecular formula is C15H23ClN2O. The highest BCUT2D eigenvalue weighted by Crippen LogP contribution is 2.27. The fourth-order valence-corrected chi connectivity index (χ4v) is 2.08. The van der Waals surface area contributed by atoms with E-state index < -0.39 is 0 Å². The number of benzene rings is 1. The monoisotopic (exact) mass is 282 g/mol. The number of carbonyl (C=O) groups excluding carboxylic acids is 1. The van der Waals surface area contributed by atoms with Gasteiger partial charge in [-0.15, -0.1) is 0 Å². The van der Waals surface area contributed by atoms with Crippen LogP contribution in [-0.2, 0) is 4.79 Å². The van der Waals surface area contributed by atoms with Crippen molar-refractivity contribution in [2.45, 2.75) is 52.5 Å². The molecule has 0 aliphatic carbocycles. The van der Waals surface area contributed by atoms with E-state index in [0.29, 0.717) is 17.5 Å². The third-order valence-electron chi connectivity index (χ3n) is 3.06. The summed E-state index contributed by atoms with van der Waals surface area (Å²) in [5.41, 5.74) is 1.67. The first-order valence-electron chi connectivity index (χ1n) is 6.96. The van der Waals surface area contributed by atoms with Crippen molar-refractivity contribution in [2.24, 2.45) is 0 Å². The quantitative estimate of drug-likeness (QED) is 0.762. The van der Waals surface area contributed by atoms with E-state index in [1.807, 2.05) is 25.1 Å². The van der Waals surface area contributed by atoms with Crippen LogP contribution in [0.3, 0.4) is 0 Å². The Bertz CT molecular complexity index is 421. The summed E-state index contributed by atoms with van der Waals surface area (Å²) in [7, 11) is 0. The van der Waals surface area contributed by atoms with Gasteiger partial charge in [-0.05, 0) is 31.0 Å². The number of hydrogen-bond donors (Lipinski definition) is 2. The number of nitrogens with one attached hydrogen (secondary N) is 2.